The molecule has 0 saturated carbocycles. The van der Waals surface area contributed by atoms with Gasteiger partial charge in [-0.1, -0.05) is 6.92 Å². The molecule has 0 amide bonds. The lowest BCUT2D eigenvalue weighted by molar-refractivity contribution is 0.492. The molecule has 96 valence electrons. The highest BCUT2D eigenvalue weighted by Gasteiger charge is 2.00. The summed E-state index contributed by atoms with van der Waals surface area (Å²) in [6, 6.07) is 0. The molecule has 0 saturated heterocycles. The van der Waals surface area contributed by atoms with Gasteiger partial charge in [0.15, 0.2) is 0 Å². The van der Waals surface area contributed by atoms with Gasteiger partial charge in [-0.05, 0) is 52.4 Å². The minimum atomic E-state index is 0.586. The number of hydrogen-bond donors (Lipinski definition) is 2. The summed E-state index contributed by atoms with van der Waals surface area (Å²) in [5.41, 5.74) is 1.28. The molecule has 17 heavy (non-hydrogen) atoms. The van der Waals surface area contributed by atoms with Crippen molar-refractivity contribution in [3.63, 3.8) is 0 Å². The molecular formula is C13H24N4. The summed E-state index contributed by atoms with van der Waals surface area (Å²) < 4.78 is 0. The first-order valence-electron chi connectivity index (χ1n) is 6.00. The molecule has 0 aromatic carbocycles. The first kappa shape index (κ1) is 15.7. The molecule has 0 aliphatic rings. The lowest BCUT2D eigenvalue weighted by atomic mass is 10.0. The van der Waals surface area contributed by atoms with Crippen molar-refractivity contribution in [2.45, 2.75) is 33.1 Å². The first-order chi connectivity index (χ1) is 8.15. The van der Waals surface area contributed by atoms with Crippen molar-refractivity contribution in [2.24, 2.45) is 15.9 Å². The molecule has 4 heteroatoms. The maximum atomic E-state index is 7.21. The molecular weight excluding hydrogens is 212 g/mol. The molecule has 0 rings (SSSR count). The molecule has 0 spiro atoms. The van der Waals surface area contributed by atoms with Crippen molar-refractivity contribution < 1.29 is 0 Å². The van der Waals surface area contributed by atoms with Gasteiger partial charge in [0, 0.05) is 12.4 Å². The second kappa shape index (κ2) is 9.90. The second-order valence-electron chi connectivity index (χ2n) is 4.16. The van der Waals surface area contributed by atoms with Gasteiger partial charge in [0.25, 0.3) is 0 Å². The Morgan fingerprint density at radius 3 is 2.71 bits per heavy atom. The summed E-state index contributed by atoms with van der Waals surface area (Å²) in [5.74, 6) is 0.694. The molecule has 2 N–H and O–H groups in total. The third-order valence-corrected chi connectivity index (χ3v) is 2.65. The topological polar surface area (TPSA) is 60.6 Å². The number of aliphatic imine (C=N–C) groups is 2. The Balaban J connectivity index is 4.02. The Kier molecular flexibility index (Phi) is 9.15. The highest BCUT2D eigenvalue weighted by molar-refractivity contribution is 5.79. The fraction of sp³-hybridized carbons (Fsp3) is 0.615. The van der Waals surface area contributed by atoms with Crippen LogP contribution in [0.5, 0.6) is 0 Å². The Morgan fingerprint density at radius 1 is 1.47 bits per heavy atom. The van der Waals surface area contributed by atoms with Crippen LogP contribution >= 0.6 is 0 Å². The molecule has 4 nitrogen and oxygen atoms in total. The van der Waals surface area contributed by atoms with Crippen LogP contribution in [0, 0.1) is 11.3 Å². The Hall–Kier alpha value is -1.29. The van der Waals surface area contributed by atoms with E-state index < -0.39 is 0 Å². The zero-order chi connectivity index (χ0) is 13.1. The van der Waals surface area contributed by atoms with E-state index >= 15 is 0 Å². The molecule has 0 fully saturated rings. The molecule has 0 heterocycles. The summed E-state index contributed by atoms with van der Waals surface area (Å²) in [6.07, 6.45) is 6.32. The fourth-order valence-electron chi connectivity index (χ4n) is 1.37. The summed E-state index contributed by atoms with van der Waals surface area (Å²) >= 11 is 0. The van der Waals surface area contributed by atoms with Gasteiger partial charge >= 0.3 is 0 Å². The van der Waals surface area contributed by atoms with Crippen molar-refractivity contribution in [1.82, 2.24) is 5.32 Å². The highest BCUT2D eigenvalue weighted by atomic mass is 14.8. The van der Waals surface area contributed by atoms with Crippen molar-refractivity contribution >= 4 is 19.1 Å². The van der Waals surface area contributed by atoms with Crippen LogP contribution < -0.4 is 5.32 Å². The predicted molar refractivity (Wildman–Crippen MR) is 76.5 cm³/mol. The zero-order valence-corrected chi connectivity index (χ0v) is 11.2. The molecule has 0 aromatic rings. The Labute approximate surface area is 104 Å². The van der Waals surface area contributed by atoms with Gasteiger partial charge < -0.3 is 10.7 Å². The van der Waals surface area contributed by atoms with Gasteiger partial charge in [0.1, 0.15) is 5.70 Å². The normalized spacial score (nSPS) is 14.5. The lowest BCUT2D eigenvalue weighted by Crippen LogP contribution is -2.11. The van der Waals surface area contributed by atoms with Gasteiger partial charge in [0.05, 0.1) is 5.70 Å². The van der Waals surface area contributed by atoms with Gasteiger partial charge in [-0.3, -0.25) is 9.98 Å². The number of rotatable bonds is 9. The van der Waals surface area contributed by atoms with Crippen LogP contribution in [0.2, 0.25) is 0 Å². The van der Waals surface area contributed by atoms with Crippen LogP contribution in [0.1, 0.15) is 33.1 Å². The molecule has 0 aliphatic carbocycles. The van der Waals surface area contributed by atoms with Gasteiger partial charge in [-0.2, -0.15) is 0 Å². The Bertz CT molecular complexity index is 292. The average molecular weight is 236 g/mol. The van der Waals surface area contributed by atoms with Gasteiger partial charge in [-0.25, -0.2) is 0 Å². The summed E-state index contributed by atoms with van der Waals surface area (Å²) in [6.45, 7) is 8.54. The summed E-state index contributed by atoms with van der Waals surface area (Å²) in [4.78, 5) is 8.00. The lowest BCUT2D eigenvalue weighted by Gasteiger charge is -2.08. The number of nitrogens with one attached hydrogen (secondary N) is 2. The van der Waals surface area contributed by atoms with Crippen molar-refractivity contribution in [2.75, 3.05) is 13.6 Å². The van der Waals surface area contributed by atoms with Crippen molar-refractivity contribution in [3.05, 3.63) is 11.4 Å². The van der Waals surface area contributed by atoms with Crippen molar-refractivity contribution in [1.29, 1.82) is 5.41 Å². The molecule has 1 unspecified atom stereocenters. The molecule has 0 aliphatic heterocycles. The van der Waals surface area contributed by atoms with E-state index in [9.17, 15) is 0 Å². The van der Waals surface area contributed by atoms with Crippen LogP contribution in [0.4, 0.5) is 0 Å². The monoisotopic (exact) mass is 236 g/mol. The van der Waals surface area contributed by atoms with Crippen LogP contribution in [0.15, 0.2) is 21.4 Å². The molecule has 1 atom stereocenters. The van der Waals surface area contributed by atoms with Crippen LogP contribution in [-0.2, 0) is 0 Å². The van der Waals surface area contributed by atoms with E-state index in [2.05, 4.69) is 28.9 Å². The maximum Gasteiger partial charge on any atom is 0.101 e. The quantitative estimate of drug-likeness (QED) is 0.594. The van der Waals surface area contributed by atoms with E-state index in [0.717, 1.165) is 19.4 Å². The maximum absolute atomic E-state index is 7.21. The Morgan fingerprint density at radius 2 is 2.18 bits per heavy atom. The van der Waals surface area contributed by atoms with E-state index in [1.165, 1.54) is 12.6 Å². The second-order valence-corrected chi connectivity index (χ2v) is 4.16. The van der Waals surface area contributed by atoms with Crippen LogP contribution in [0.3, 0.4) is 0 Å². The SMILES string of the molecule is C=N/C(C)=C(C=N)\N=C/CCC(C)CCNC. The predicted octanol–water partition coefficient (Wildman–Crippen LogP) is 2.66. The minimum absolute atomic E-state index is 0.586. The smallest absolute Gasteiger partial charge is 0.101 e. The summed E-state index contributed by atoms with van der Waals surface area (Å²) in [7, 11) is 1.97. The van der Waals surface area contributed by atoms with Gasteiger partial charge in [-0.15, -0.1) is 0 Å². The van der Waals surface area contributed by atoms with E-state index in [1.807, 2.05) is 13.3 Å². The standard InChI is InChI=1S/C13H24N4/c1-11(7-9-15-3)6-5-8-17-13(10-14)12(2)16-4/h8,10-11,14-15H,4-7,9H2,1-3H3/b13-12-,14-10?,17-8-. The van der Waals surface area contributed by atoms with Crippen LogP contribution in [-0.4, -0.2) is 32.7 Å². The molecule has 0 aromatic heterocycles. The van der Waals surface area contributed by atoms with E-state index in [1.54, 1.807) is 6.92 Å². The number of hydrogen-bond acceptors (Lipinski definition) is 4. The average Bonchev–Trinajstić information content (AvgIpc) is 2.35. The number of allylic oxidation sites excluding steroid dienone is 2. The molecule has 0 bridgehead atoms. The minimum Gasteiger partial charge on any atom is -0.320 e. The zero-order valence-electron chi connectivity index (χ0n) is 11.2. The number of nitrogens with zero attached hydrogens (tertiary/aromatic N) is 2. The van der Waals surface area contributed by atoms with Crippen molar-refractivity contribution in [3.8, 4) is 0 Å². The van der Waals surface area contributed by atoms with Gasteiger partial charge in [0.2, 0.25) is 0 Å². The van der Waals surface area contributed by atoms with E-state index in [0.29, 0.717) is 17.3 Å². The highest BCUT2D eigenvalue weighted by Crippen LogP contribution is 2.09. The third kappa shape index (κ3) is 7.58. The first-order valence-corrected chi connectivity index (χ1v) is 6.00. The molecule has 0 radical (unpaired) electrons. The summed E-state index contributed by atoms with van der Waals surface area (Å²) in [5, 5.41) is 10.4. The van der Waals surface area contributed by atoms with Crippen LogP contribution in [0.25, 0.3) is 0 Å². The van der Waals surface area contributed by atoms with E-state index in [-0.39, 0.29) is 0 Å². The third-order valence-electron chi connectivity index (χ3n) is 2.65. The fourth-order valence-corrected chi connectivity index (χ4v) is 1.37. The van der Waals surface area contributed by atoms with E-state index in [4.69, 9.17) is 5.41 Å². The largest absolute Gasteiger partial charge is 0.320 e.